The van der Waals surface area contributed by atoms with Gasteiger partial charge in [0.15, 0.2) is 0 Å². The zero-order valence-corrected chi connectivity index (χ0v) is 13.6. The van der Waals surface area contributed by atoms with Gasteiger partial charge in [-0.05, 0) is 45.0 Å². The number of nitrogens with one attached hydrogen (secondary N) is 1. The van der Waals surface area contributed by atoms with Crippen LogP contribution in [0.2, 0.25) is 4.34 Å². The van der Waals surface area contributed by atoms with Crippen LogP contribution in [0.5, 0.6) is 0 Å². The minimum atomic E-state index is -0.222. The van der Waals surface area contributed by atoms with Crippen molar-refractivity contribution in [3.8, 4) is 0 Å². The van der Waals surface area contributed by atoms with Crippen molar-refractivity contribution in [1.29, 1.82) is 0 Å². The van der Waals surface area contributed by atoms with Crippen molar-refractivity contribution in [3.63, 3.8) is 0 Å². The molecular formula is C15H20ClNO2S. The van der Waals surface area contributed by atoms with Gasteiger partial charge in [0.05, 0.1) is 16.2 Å². The third-order valence-electron chi connectivity index (χ3n) is 2.97. The van der Waals surface area contributed by atoms with Crippen LogP contribution >= 0.6 is 22.9 Å². The van der Waals surface area contributed by atoms with Crippen molar-refractivity contribution in [2.45, 2.75) is 32.4 Å². The third kappa shape index (κ3) is 4.09. The number of ether oxygens (including phenoxy) is 1. The molecule has 2 aromatic heterocycles. The van der Waals surface area contributed by atoms with E-state index in [0.29, 0.717) is 6.61 Å². The van der Waals surface area contributed by atoms with Crippen molar-refractivity contribution in [1.82, 2.24) is 5.32 Å². The predicted octanol–water partition coefficient (Wildman–Crippen LogP) is 4.49. The average molecular weight is 314 g/mol. The van der Waals surface area contributed by atoms with Crippen LogP contribution in [0.1, 0.15) is 37.5 Å². The van der Waals surface area contributed by atoms with Crippen molar-refractivity contribution in [2.24, 2.45) is 0 Å². The van der Waals surface area contributed by atoms with E-state index in [2.05, 4.69) is 19.2 Å². The van der Waals surface area contributed by atoms with Gasteiger partial charge in [-0.2, -0.15) is 0 Å². The summed E-state index contributed by atoms with van der Waals surface area (Å²) in [7, 11) is 0. The number of furan rings is 1. The van der Waals surface area contributed by atoms with Gasteiger partial charge >= 0.3 is 0 Å². The van der Waals surface area contributed by atoms with E-state index in [4.69, 9.17) is 20.8 Å². The number of halogens is 1. The number of hydrogen-bond donors (Lipinski definition) is 1. The second-order valence-electron chi connectivity index (χ2n) is 5.16. The molecule has 2 rings (SSSR count). The summed E-state index contributed by atoms with van der Waals surface area (Å²) in [4.78, 5) is 1.14. The molecule has 0 aliphatic carbocycles. The smallest absolute Gasteiger partial charge is 0.126 e. The van der Waals surface area contributed by atoms with E-state index in [1.807, 2.05) is 31.2 Å². The molecule has 2 heterocycles. The fourth-order valence-electron chi connectivity index (χ4n) is 2.07. The molecule has 3 nitrogen and oxygen atoms in total. The summed E-state index contributed by atoms with van der Waals surface area (Å²) in [5.41, 5.74) is -0.222. The van der Waals surface area contributed by atoms with E-state index in [-0.39, 0.29) is 11.6 Å². The predicted molar refractivity (Wildman–Crippen MR) is 83.6 cm³/mol. The van der Waals surface area contributed by atoms with Gasteiger partial charge in [0.2, 0.25) is 0 Å². The van der Waals surface area contributed by atoms with Crippen LogP contribution in [-0.2, 0) is 4.74 Å². The molecule has 0 radical (unpaired) electrons. The molecule has 0 aliphatic heterocycles. The number of thiophene rings is 1. The average Bonchev–Trinajstić information content (AvgIpc) is 3.01. The van der Waals surface area contributed by atoms with Gasteiger partial charge in [0, 0.05) is 18.0 Å². The van der Waals surface area contributed by atoms with Crippen LogP contribution < -0.4 is 5.32 Å². The van der Waals surface area contributed by atoms with Crippen molar-refractivity contribution in [3.05, 3.63) is 45.5 Å². The molecule has 2 aromatic rings. The Morgan fingerprint density at radius 2 is 2.20 bits per heavy atom. The van der Waals surface area contributed by atoms with Gasteiger partial charge in [0.1, 0.15) is 11.8 Å². The Morgan fingerprint density at radius 1 is 1.40 bits per heavy atom. The molecule has 1 unspecified atom stereocenters. The molecule has 0 aromatic carbocycles. The number of rotatable bonds is 7. The molecule has 0 fully saturated rings. The lowest BCUT2D eigenvalue weighted by Crippen LogP contribution is -2.39. The van der Waals surface area contributed by atoms with Crippen molar-refractivity contribution >= 4 is 22.9 Å². The van der Waals surface area contributed by atoms with Gasteiger partial charge in [0.25, 0.3) is 0 Å². The largest absolute Gasteiger partial charge is 0.467 e. The Kier molecular flexibility index (Phi) is 5.27. The standard InChI is InChI=1S/C15H20ClNO2S/c1-4-19-15(2,3)10-17-14(11-6-5-9-18-11)12-7-8-13(16)20-12/h5-9,14,17H,4,10H2,1-3H3. The minimum Gasteiger partial charge on any atom is -0.467 e. The van der Waals surface area contributed by atoms with Crippen LogP contribution in [0.3, 0.4) is 0 Å². The highest BCUT2D eigenvalue weighted by atomic mass is 35.5. The zero-order chi connectivity index (χ0) is 14.6. The van der Waals surface area contributed by atoms with Crippen LogP contribution in [-0.4, -0.2) is 18.8 Å². The molecule has 5 heteroatoms. The molecule has 1 N–H and O–H groups in total. The first-order valence-corrected chi connectivity index (χ1v) is 7.87. The van der Waals surface area contributed by atoms with Crippen LogP contribution in [0.25, 0.3) is 0 Å². The topological polar surface area (TPSA) is 34.4 Å². The van der Waals surface area contributed by atoms with E-state index in [1.165, 1.54) is 0 Å². The molecule has 0 saturated heterocycles. The van der Waals surface area contributed by atoms with E-state index in [9.17, 15) is 0 Å². The maximum absolute atomic E-state index is 6.04. The first-order chi connectivity index (χ1) is 9.52. The van der Waals surface area contributed by atoms with Crippen LogP contribution in [0.15, 0.2) is 34.9 Å². The van der Waals surface area contributed by atoms with Crippen molar-refractivity contribution in [2.75, 3.05) is 13.2 Å². The lowest BCUT2D eigenvalue weighted by molar-refractivity contribution is -0.0102. The zero-order valence-electron chi connectivity index (χ0n) is 12.0. The summed E-state index contributed by atoms with van der Waals surface area (Å²) < 4.78 is 12.0. The van der Waals surface area contributed by atoms with Crippen LogP contribution in [0, 0.1) is 0 Å². The van der Waals surface area contributed by atoms with E-state index >= 15 is 0 Å². The summed E-state index contributed by atoms with van der Waals surface area (Å²) in [6, 6.07) is 7.81. The first-order valence-electron chi connectivity index (χ1n) is 6.68. The Morgan fingerprint density at radius 3 is 2.75 bits per heavy atom. The minimum absolute atomic E-state index is 0.00207. The SMILES string of the molecule is CCOC(C)(C)CNC(c1ccco1)c1ccc(Cl)s1. The maximum Gasteiger partial charge on any atom is 0.126 e. The summed E-state index contributed by atoms with van der Waals surface area (Å²) >= 11 is 7.60. The second-order valence-corrected chi connectivity index (χ2v) is 6.91. The van der Waals surface area contributed by atoms with Gasteiger partial charge in [-0.15, -0.1) is 11.3 Å². The molecule has 0 spiro atoms. The summed E-state index contributed by atoms with van der Waals surface area (Å²) in [5.74, 6) is 0.885. The normalized spacial score (nSPS) is 13.6. The lowest BCUT2D eigenvalue weighted by atomic mass is 10.1. The Balaban J connectivity index is 2.12. The number of hydrogen-bond acceptors (Lipinski definition) is 4. The summed E-state index contributed by atoms with van der Waals surface area (Å²) in [5, 5.41) is 3.51. The molecular weight excluding hydrogens is 294 g/mol. The second kappa shape index (κ2) is 6.76. The fourth-order valence-corrected chi connectivity index (χ4v) is 3.21. The third-order valence-corrected chi connectivity index (χ3v) is 4.27. The molecule has 110 valence electrons. The quantitative estimate of drug-likeness (QED) is 0.818. The van der Waals surface area contributed by atoms with Gasteiger partial charge in [-0.3, -0.25) is 0 Å². The molecule has 0 aliphatic rings. The summed E-state index contributed by atoms with van der Waals surface area (Å²) in [6.07, 6.45) is 1.69. The molecule has 1 atom stereocenters. The molecule has 0 bridgehead atoms. The highest BCUT2D eigenvalue weighted by Crippen LogP contribution is 2.31. The van der Waals surface area contributed by atoms with Crippen LogP contribution in [0.4, 0.5) is 0 Å². The molecule has 0 amide bonds. The van der Waals surface area contributed by atoms with Gasteiger partial charge < -0.3 is 14.5 Å². The Labute approximate surface area is 128 Å². The molecule has 20 heavy (non-hydrogen) atoms. The van der Waals surface area contributed by atoms with Crippen molar-refractivity contribution < 1.29 is 9.15 Å². The molecule has 0 saturated carbocycles. The first kappa shape index (κ1) is 15.6. The van der Waals surface area contributed by atoms with E-state index in [1.54, 1.807) is 17.6 Å². The fraction of sp³-hybridized carbons (Fsp3) is 0.467. The Hall–Kier alpha value is -0.810. The lowest BCUT2D eigenvalue weighted by Gasteiger charge is -2.27. The summed E-state index contributed by atoms with van der Waals surface area (Å²) in [6.45, 7) is 7.58. The van der Waals surface area contributed by atoms with E-state index < -0.39 is 0 Å². The maximum atomic E-state index is 6.04. The Bertz CT molecular complexity index is 522. The monoisotopic (exact) mass is 313 g/mol. The highest BCUT2D eigenvalue weighted by molar-refractivity contribution is 7.16. The van der Waals surface area contributed by atoms with Gasteiger partial charge in [-0.25, -0.2) is 0 Å². The van der Waals surface area contributed by atoms with Gasteiger partial charge in [-0.1, -0.05) is 11.6 Å². The highest BCUT2D eigenvalue weighted by Gasteiger charge is 2.23. The van der Waals surface area contributed by atoms with E-state index in [0.717, 1.165) is 21.5 Å².